The highest BCUT2D eigenvalue weighted by molar-refractivity contribution is 6.24. The lowest BCUT2D eigenvalue weighted by atomic mass is 9.57. The second-order valence-electron chi connectivity index (χ2n) is 16.0. The van der Waals surface area contributed by atoms with Gasteiger partial charge in [0.15, 0.2) is 11.4 Å². The van der Waals surface area contributed by atoms with Gasteiger partial charge in [-0.15, -0.1) is 0 Å². The number of nitrogens with one attached hydrogen (secondary N) is 1. The number of phenolic OH excluding ortho intramolecular Hbond substituents is 1. The summed E-state index contributed by atoms with van der Waals surface area (Å²) in [6.07, 6.45) is -0.521. The van der Waals surface area contributed by atoms with Crippen molar-refractivity contribution in [2.24, 2.45) is 23.0 Å². The zero-order valence-corrected chi connectivity index (χ0v) is 32.3. The van der Waals surface area contributed by atoms with Crippen LogP contribution in [0.4, 0.5) is 16.2 Å². The van der Waals surface area contributed by atoms with E-state index in [4.69, 9.17) is 15.2 Å². The number of carbonyl (C=O) groups excluding carboxylic acids is 6. The van der Waals surface area contributed by atoms with E-state index in [0.29, 0.717) is 17.7 Å². The predicted molar refractivity (Wildman–Crippen MR) is 195 cm³/mol. The van der Waals surface area contributed by atoms with Crippen LogP contribution in [0.1, 0.15) is 65.5 Å². The largest absolute Gasteiger partial charge is 0.508 e. The van der Waals surface area contributed by atoms with Gasteiger partial charge in [0.05, 0.1) is 22.7 Å². The van der Waals surface area contributed by atoms with E-state index in [1.54, 1.807) is 53.6 Å². The second-order valence-corrected chi connectivity index (χ2v) is 16.0. The first kappa shape index (κ1) is 41.6. The lowest BCUT2D eigenvalue weighted by Gasteiger charge is -2.50. The van der Waals surface area contributed by atoms with E-state index in [-0.39, 0.29) is 29.7 Å². The van der Waals surface area contributed by atoms with Crippen LogP contribution in [-0.4, -0.2) is 124 Å². The lowest BCUT2D eigenvalue weighted by Crippen LogP contribution is -2.65. The van der Waals surface area contributed by atoms with Crippen molar-refractivity contribution in [3.63, 3.8) is 0 Å². The Balaban J connectivity index is 1.72. The maximum atomic E-state index is 14.3. The quantitative estimate of drug-likeness (QED) is 0.0867. The summed E-state index contributed by atoms with van der Waals surface area (Å²) in [6, 6.07) is 0.232. The SMILES string of the molecule is CCC(C)(C)C(=O)OCOC(=O)N(CC(=O)Nc1cc(N(C)C)c2c(c1O)C(O)=C1C(=O)[C@]3(O)C(O)=C(C(N)=O)C(=O)[C@@H](N(C)C)[C@@H]3C[C@@H]1C2)C(C)(C)C. The van der Waals surface area contributed by atoms with E-state index in [0.717, 1.165) is 4.90 Å². The number of primary amides is 1. The second kappa shape index (κ2) is 14.6. The molecule has 0 unspecified atom stereocenters. The summed E-state index contributed by atoms with van der Waals surface area (Å²) in [5.41, 5.74) is -0.0398. The van der Waals surface area contributed by atoms with Crippen LogP contribution >= 0.6 is 0 Å². The fourth-order valence-electron chi connectivity index (χ4n) is 7.25. The molecular formula is C37H51N5O12. The summed E-state index contributed by atoms with van der Waals surface area (Å²) >= 11 is 0. The first-order chi connectivity index (χ1) is 24.8. The van der Waals surface area contributed by atoms with Crippen LogP contribution in [0.2, 0.25) is 0 Å². The first-order valence-corrected chi connectivity index (χ1v) is 17.4. The molecule has 17 heteroatoms. The van der Waals surface area contributed by atoms with Crippen LogP contribution in [0.15, 0.2) is 23.0 Å². The summed E-state index contributed by atoms with van der Waals surface area (Å²) in [5.74, 6) is -9.33. The molecular weight excluding hydrogens is 706 g/mol. The van der Waals surface area contributed by atoms with E-state index in [9.17, 15) is 49.2 Å². The number of benzene rings is 1. The van der Waals surface area contributed by atoms with Crippen LogP contribution < -0.4 is 16.0 Å². The van der Waals surface area contributed by atoms with E-state index in [1.807, 2.05) is 6.92 Å². The minimum atomic E-state index is -2.81. The van der Waals surface area contributed by atoms with Crippen molar-refractivity contribution < 1.29 is 58.7 Å². The van der Waals surface area contributed by atoms with Crippen molar-refractivity contribution in [3.8, 4) is 5.75 Å². The number of anilines is 2. The summed E-state index contributed by atoms with van der Waals surface area (Å²) in [6.45, 7) is 8.87. The maximum absolute atomic E-state index is 14.3. The summed E-state index contributed by atoms with van der Waals surface area (Å²) < 4.78 is 10.3. The minimum Gasteiger partial charge on any atom is -0.508 e. The predicted octanol–water partition coefficient (Wildman–Crippen LogP) is 2.14. The molecule has 0 heterocycles. The van der Waals surface area contributed by atoms with Gasteiger partial charge in [-0.3, -0.25) is 33.8 Å². The number of aliphatic hydroxyl groups excluding tert-OH is 2. The third-order valence-electron chi connectivity index (χ3n) is 10.6. The van der Waals surface area contributed by atoms with Crippen molar-refractivity contribution in [1.29, 1.82) is 0 Å². The molecule has 7 N–H and O–H groups in total. The highest BCUT2D eigenvalue weighted by atomic mass is 16.7. The van der Waals surface area contributed by atoms with Crippen molar-refractivity contribution in [3.05, 3.63) is 34.1 Å². The Morgan fingerprint density at radius 2 is 1.63 bits per heavy atom. The Hall–Kier alpha value is -5.16. The third-order valence-corrected chi connectivity index (χ3v) is 10.6. The molecule has 4 rings (SSSR count). The molecule has 54 heavy (non-hydrogen) atoms. The van der Waals surface area contributed by atoms with Crippen LogP contribution in [0.25, 0.3) is 5.76 Å². The van der Waals surface area contributed by atoms with Crippen LogP contribution in [0.3, 0.4) is 0 Å². The van der Waals surface area contributed by atoms with E-state index in [2.05, 4.69) is 5.32 Å². The molecule has 3 aliphatic carbocycles. The third kappa shape index (κ3) is 7.09. The number of ketones is 2. The highest BCUT2D eigenvalue weighted by Crippen LogP contribution is 2.54. The number of Topliss-reactive ketones (excluding diaryl/α,β-unsaturated/α-hetero) is 2. The monoisotopic (exact) mass is 757 g/mol. The number of likely N-dealkylation sites (N-methyl/N-ethyl adjacent to an activating group) is 1. The lowest BCUT2D eigenvalue weighted by molar-refractivity contribution is -0.163. The van der Waals surface area contributed by atoms with Gasteiger partial charge in [-0.2, -0.15) is 0 Å². The fourth-order valence-corrected chi connectivity index (χ4v) is 7.25. The number of aliphatic hydroxyl groups is 3. The number of amides is 3. The minimum absolute atomic E-state index is 0.0352. The van der Waals surface area contributed by atoms with Crippen molar-refractivity contribution in [2.75, 3.05) is 51.7 Å². The van der Waals surface area contributed by atoms with Gasteiger partial charge >= 0.3 is 12.1 Å². The van der Waals surface area contributed by atoms with Crippen LogP contribution in [0, 0.1) is 17.3 Å². The molecule has 1 aromatic rings. The molecule has 4 atom stereocenters. The van der Waals surface area contributed by atoms with Gasteiger partial charge < -0.3 is 45.9 Å². The summed E-state index contributed by atoms with van der Waals surface area (Å²) in [5, 5.41) is 48.9. The van der Waals surface area contributed by atoms with Crippen molar-refractivity contribution in [2.45, 2.75) is 78.0 Å². The number of aromatic hydroxyl groups is 1. The normalized spacial score (nSPS) is 22.6. The number of esters is 1. The number of fused-ring (bicyclic) bond motifs is 3. The van der Waals surface area contributed by atoms with Crippen LogP contribution in [0.5, 0.6) is 5.75 Å². The van der Waals surface area contributed by atoms with Gasteiger partial charge in [0, 0.05) is 36.8 Å². The highest BCUT2D eigenvalue weighted by Gasteiger charge is 2.64. The number of carbonyl (C=O) groups is 6. The molecule has 0 aliphatic heterocycles. The maximum Gasteiger partial charge on any atom is 0.413 e. The van der Waals surface area contributed by atoms with Gasteiger partial charge in [-0.1, -0.05) is 6.92 Å². The van der Waals surface area contributed by atoms with Gasteiger partial charge in [0.1, 0.15) is 29.4 Å². The molecule has 296 valence electrons. The average molecular weight is 758 g/mol. The zero-order chi connectivity index (χ0) is 41.0. The number of ether oxygens (including phenoxy) is 2. The van der Waals surface area contributed by atoms with Gasteiger partial charge in [0.2, 0.25) is 18.5 Å². The number of rotatable bonds is 10. The number of hydrogen-bond donors (Lipinski definition) is 6. The topological polar surface area (TPSA) is 250 Å². The Labute approximate surface area is 313 Å². The van der Waals surface area contributed by atoms with Gasteiger partial charge in [-0.05, 0) is 85.5 Å². The molecule has 1 aromatic carbocycles. The Bertz CT molecular complexity index is 1860. The summed E-state index contributed by atoms with van der Waals surface area (Å²) in [7, 11) is 6.39. The molecule has 0 radical (unpaired) electrons. The Kier molecular flexibility index (Phi) is 11.2. The standard InChI is InChI=1S/C37H51N5O12/c1-11-36(5,6)33(50)53-16-54-34(51)42(35(2,3)4)15-22(43)39-20-14-21(40(7)8)18-12-17-13-19-26(41(9)10)29(46)25(32(38)49)31(48)37(19,52)30(47)23(17)28(45)24(18)27(20)44/h14,17,19,26,44-45,48,52H,11-13,15-16H2,1-10H3,(H2,38,49)(H,39,43)/t17-,19-,26-,37-/m0/s1. The molecule has 0 saturated heterocycles. The summed E-state index contributed by atoms with van der Waals surface area (Å²) in [4.78, 5) is 83.0. The van der Waals surface area contributed by atoms with Gasteiger partial charge in [-0.25, -0.2) is 4.79 Å². The molecule has 1 saturated carbocycles. The molecule has 0 aromatic heterocycles. The van der Waals surface area contributed by atoms with E-state index >= 15 is 0 Å². The number of hydrogen-bond acceptors (Lipinski definition) is 14. The Morgan fingerprint density at radius 1 is 1.02 bits per heavy atom. The smallest absolute Gasteiger partial charge is 0.413 e. The van der Waals surface area contributed by atoms with Crippen molar-refractivity contribution in [1.82, 2.24) is 9.80 Å². The fraction of sp³-hybridized carbons (Fsp3) is 0.568. The first-order valence-electron chi connectivity index (χ1n) is 17.4. The number of nitrogens with zero attached hydrogens (tertiary/aromatic N) is 3. The number of phenols is 1. The molecule has 0 bridgehead atoms. The van der Waals surface area contributed by atoms with E-state index < -0.39 is 106 Å². The average Bonchev–Trinajstić information content (AvgIpc) is 3.05. The molecule has 0 spiro atoms. The molecule has 3 amide bonds. The Morgan fingerprint density at radius 3 is 2.15 bits per heavy atom. The molecule has 1 fully saturated rings. The zero-order valence-electron chi connectivity index (χ0n) is 32.3. The molecule has 3 aliphatic rings. The molecule has 17 nitrogen and oxygen atoms in total. The van der Waals surface area contributed by atoms with Crippen molar-refractivity contribution >= 4 is 52.6 Å². The van der Waals surface area contributed by atoms with E-state index in [1.165, 1.54) is 25.1 Å². The van der Waals surface area contributed by atoms with Crippen LogP contribution in [-0.2, 0) is 39.9 Å². The number of nitrogens with two attached hydrogens (primary N) is 1. The van der Waals surface area contributed by atoms with Gasteiger partial charge in [0.25, 0.3) is 5.91 Å².